The van der Waals surface area contributed by atoms with Gasteiger partial charge in [-0.1, -0.05) is 69.3 Å². The van der Waals surface area contributed by atoms with Crippen molar-refractivity contribution in [1.82, 2.24) is 19.9 Å². The highest BCUT2D eigenvalue weighted by Crippen LogP contribution is 2.38. The van der Waals surface area contributed by atoms with Gasteiger partial charge in [0, 0.05) is 28.6 Å². The largest absolute Gasteiger partial charge is 0.275 e. The summed E-state index contributed by atoms with van der Waals surface area (Å²) in [6.45, 7) is 6.33. The lowest BCUT2D eigenvalue weighted by molar-refractivity contribution is 0.545. The number of hydrogen-bond donors (Lipinski definition) is 0. The average Bonchev–Trinajstić information content (AvgIpc) is 2.79. The summed E-state index contributed by atoms with van der Waals surface area (Å²) in [6, 6.07) is 20.5. The zero-order valence-corrected chi connectivity index (χ0v) is 17.8. The number of benzene rings is 2. The third kappa shape index (κ3) is 3.48. The van der Waals surface area contributed by atoms with Crippen molar-refractivity contribution >= 4 is 38.9 Å². The Morgan fingerprint density at radius 3 is 1.58 bits per heavy atom. The van der Waals surface area contributed by atoms with Crippen LogP contribution >= 0.6 is 0 Å². The first-order chi connectivity index (χ1) is 15.0. The van der Waals surface area contributed by atoms with E-state index in [-0.39, 0.29) is 5.41 Å². The molecule has 2 aromatic carbocycles. The molecule has 152 valence electrons. The van der Waals surface area contributed by atoms with Crippen LogP contribution in [-0.4, -0.2) is 19.9 Å². The van der Waals surface area contributed by atoms with E-state index in [2.05, 4.69) is 59.9 Å². The van der Waals surface area contributed by atoms with Crippen molar-refractivity contribution in [2.24, 2.45) is 0 Å². The average molecular weight is 406 g/mol. The van der Waals surface area contributed by atoms with Gasteiger partial charge < -0.3 is 0 Å². The van der Waals surface area contributed by atoms with E-state index in [4.69, 9.17) is 9.97 Å². The van der Waals surface area contributed by atoms with Crippen molar-refractivity contribution < 1.29 is 0 Å². The summed E-state index contributed by atoms with van der Waals surface area (Å²) in [6.07, 6.45) is 7.39. The van der Waals surface area contributed by atoms with Gasteiger partial charge in [-0.3, -0.25) is 4.90 Å². The van der Waals surface area contributed by atoms with E-state index in [9.17, 15) is 0 Å². The van der Waals surface area contributed by atoms with E-state index in [0.29, 0.717) is 0 Å². The minimum Gasteiger partial charge on any atom is -0.275 e. The molecule has 5 nitrogen and oxygen atoms in total. The Kier molecular flexibility index (Phi) is 4.59. The predicted octanol–water partition coefficient (Wildman–Crippen LogP) is 6.34. The Morgan fingerprint density at radius 1 is 0.613 bits per heavy atom. The summed E-state index contributed by atoms with van der Waals surface area (Å²) in [7, 11) is 0. The molecule has 0 spiro atoms. The van der Waals surface area contributed by atoms with Gasteiger partial charge in [0.15, 0.2) is 0 Å². The topological polar surface area (TPSA) is 54.8 Å². The number of anilines is 3. The van der Waals surface area contributed by atoms with E-state index in [1.165, 1.54) is 0 Å². The normalized spacial score (nSPS) is 11.7. The summed E-state index contributed by atoms with van der Waals surface area (Å²) in [5.41, 5.74) is 0.694. The zero-order valence-electron chi connectivity index (χ0n) is 17.8. The highest BCUT2D eigenvalue weighted by Gasteiger charge is 2.22. The molecule has 0 amide bonds. The van der Waals surface area contributed by atoms with E-state index < -0.39 is 0 Å². The van der Waals surface area contributed by atoms with Crippen molar-refractivity contribution in [2.45, 2.75) is 26.2 Å². The molecule has 0 aliphatic heterocycles. The number of hydrogen-bond acceptors (Lipinski definition) is 5. The first kappa shape index (κ1) is 19.1. The monoisotopic (exact) mass is 405 g/mol. The second kappa shape index (κ2) is 7.43. The van der Waals surface area contributed by atoms with Gasteiger partial charge in [-0.05, 0) is 22.9 Å². The number of fused-ring (bicyclic) bond motifs is 2. The van der Waals surface area contributed by atoms with Gasteiger partial charge >= 0.3 is 0 Å². The quantitative estimate of drug-likeness (QED) is 0.350. The number of rotatable bonds is 3. The summed E-state index contributed by atoms with van der Waals surface area (Å²) in [5, 5.41) is 4.31. The molecular weight excluding hydrogens is 382 g/mol. The van der Waals surface area contributed by atoms with Crippen LogP contribution in [0.1, 0.15) is 26.6 Å². The van der Waals surface area contributed by atoms with Crippen LogP contribution in [0, 0.1) is 0 Å². The Hall–Kier alpha value is -3.86. The third-order valence-corrected chi connectivity index (χ3v) is 5.30. The van der Waals surface area contributed by atoms with Crippen molar-refractivity contribution in [2.75, 3.05) is 4.90 Å². The van der Waals surface area contributed by atoms with Crippen LogP contribution in [0.4, 0.5) is 17.3 Å². The van der Waals surface area contributed by atoms with Crippen LogP contribution < -0.4 is 4.90 Å². The maximum absolute atomic E-state index is 4.77. The highest BCUT2D eigenvalue weighted by atomic mass is 15.2. The highest BCUT2D eigenvalue weighted by molar-refractivity contribution is 6.01. The molecule has 0 atom stereocenters. The molecule has 5 aromatic rings. The summed E-state index contributed by atoms with van der Waals surface area (Å²) >= 11 is 0. The van der Waals surface area contributed by atoms with E-state index >= 15 is 0 Å². The zero-order chi connectivity index (χ0) is 21.4. The first-order valence-electron chi connectivity index (χ1n) is 10.3. The molecule has 0 radical (unpaired) electrons. The molecular formula is C26H23N5. The van der Waals surface area contributed by atoms with Crippen LogP contribution in [0.3, 0.4) is 0 Å². The van der Waals surface area contributed by atoms with Gasteiger partial charge in [0.25, 0.3) is 0 Å². The third-order valence-electron chi connectivity index (χ3n) is 5.30. The van der Waals surface area contributed by atoms with Gasteiger partial charge in [0.1, 0.15) is 17.5 Å². The van der Waals surface area contributed by atoms with Crippen molar-refractivity contribution in [1.29, 1.82) is 0 Å². The minimum atomic E-state index is -0.126. The standard InChI is InChI=1S/C26H23N5/c1-26(2,3)25-29-16-20(17-30-25)31(23-21-10-6-4-8-18(21)12-14-27-23)24-22-11-7-5-9-19(22)13-15-28-24/h4-17H,1-3H3. The SMILES string of the molecule is CC(C)(C)c1ncc(N(c2nccc3ccccc23)c2nccc3ccccc23)cn1. The lowest BCUT2D eigenvalue weighted by Crippen LogP contribution is -2.18. The van der Waals surface area contributed by atoms with Gasteiger partial charge in [-0.25, -0.2) is 19.9 Å². The molecule has 0 fully saturated rings. The number of aromatic nitrogens is 4. The van der Waals surface area contributed by atoms with Crippen molar-refractivity contribution in [3.05, 3.63) is 91.3 Å². The van der Waals surface area contributed by atoms with Crippen LogP contribution in [0.2, 0.25) is 0 Å². The molecule has 0 unspecified atom stereocenters. The second-order valence-corrected chi connectivity index (χ2v) is 8.56. The van der Waals surface area contributed by atoms with Crippen LogP contribution in [0.25, 0.3) is 21.5 Å². The predicted molar refractivity (Wildman–Crippen MR) is 126 cm³/mol. The van der Waals surface area contributed by atoms with Crippen molar-refractivity contribution in [3.8, 4) is 0 Å². The Bertz CT molecular complexity index is 1280. The molecule has 0 aliphatic rings. The van der Waals surface area contributed by atoms with Crippen LogP contribution in [0.15, 0.2) is 85.5 Å². The molecule has 0 aliphatic carbocycles. The fourth-order valence-electron chi connectivity index (χ4n) is 3.73. The van der Waals surface area contributed by atoms with Crippen LogP contribution in [0.5, 0.6) is 0 Å². The molecule has 31 heavy (non-hydrogen) atoms. The molecule has 5 heteroatoms. The summed E-state index contributed by atoms with van der Waals surface area (Å²) < 4.78 is 0. The van der Waals surface area contributed by atoms with E-state index in [0.717, 1.165) is 44.7 Å². The summed E-state index contributed by atoms with van der Waals surface area (Å²) in [5.74, 6) is 2.40. The molecule has 0 saturated heterocycles. The molecule has 0 saturated carbocycles. The maximum Gasteiger partial charge on any atom is 0.146 e. The number of pyridine rings is 2. The minimum absolute atomic E-state index is 0.126. The van der Waals surface area contributed by atoms with E-state index in [1.54, 1.807) is 0 Å². The lowest BCUT2D eigenvalue weighted by atomic mass is 9.96. The van der Waals surface area contributed by atoms with E-state index in [1.807, 2.05) is 61.2 Å². The molecule has 5 rings (SSSR count). The Morgan fingerprint density at radius 2 is 1.10 bits per heavy atom. The smallest absolute Gasteiger partial charge is 0.146 e. The summed E-state index contributed by atoms with van der Waals surface area (Å²) in [4.78, 5) is 20.9. The Labute approximate surface area is 181 Å². The van der Waals surface area contributed by atoms with Crippen molar-refractivity contribution in [3.63, 3.8) is 0 Å². The molecule has 3 heterocycles. The Balaban J connectivity index is 1.79. The van der Waals surface area contributed by atoms with Crippen LogP contribution in [-0.2, 0) is 5.41 Å². The fourth-order valence-corrected chi connectivity index (χ4v) is 3.73. The molecule has 3 aromatic heterocycles. The van der Waals surface area contributed by atoms with Gasteiger partial charge in [-0.15, -0.1) is 0 Å². The maximum atomic E-state index is 4.77. The van der Waals surface area contributed by atoms with Gasteiger partial charge in [0.2, 0.25) is 0 Å². The molecule has 0 bridgehead atoms. The first-order valence-corrected chi connectivity index (χ1v) is 10.3. The second-order valence-electron chi connectivity index (χ2n) is 8.56. The fraction of sp³-hybridized carbons (Fsp3) is 0.154. The lowest BCUT2D eigenvalue weighted by Gasteiger charge is -2.25. The number of nitrogens with zero attached hydrogens (tertiary/aromatic N) is 5. The van der Waals surface area contributed by atoms with Gasteiger partial charge in [0.05, 0.1) is 18.1 Å². The van der Waals surface area contributed by atoms with Gasteiger partial charge in [-0.2, -0.15) is 0 Å². The molecule has 0 N–H and O–H groups in total.